The molecule has 0 atom stereocenters. The fourth-order valence-corrected chi connectivity index (χ4v) is 2.77. The van der Waals surface area contributed by atoms with Gasteiger partial charge >= 0.3 is 0 Å². The van der Waals surface area contributed by atoms with Gasteiger partial charge in [-0.05, 0) is 48.0 Å². The first kappa shape index (κ1) is 16.8. The number of methoxy groups -OCH3 is 1. The van der Waals surface area contributed by atoms with Crippen LogP contribution in [-0.4, -0.2) is 17.1 Å². The number of nitrogens with zero attached hydrogens (tertiary/aromatic N) is 2. The van der Waals surface area contributed by atoms with Gasteiger partial charge in [0.05, 0.1) is 12.6 Å². The van der Waals surface area contributed by atoms with E-state index >= 15 is 0 Å². The summed E-state index contributed by atoms with van der Waals surface area (Å²) in [4.78, 5) is 8.67. The fourth-order valence-electron chi connectivity index (χ4n) is 2.77. The summed E-state index contributed by atoms with van der Waals surface area (Å²) < 4.78 is 11.1. The molecule has 1 heterocycles. The molecule has 134 valence electrons. The molecule has 0 amide bonds. The maximum Gasteiger partial charge on any atom is 0.141 e. The van der Waals surface area contributed by atoms with Crippen LogP contribution in [0.5, 0.6) is 11.5 Å². The van der Waals surface area contributed by atoms with E-state index in [1.54, 1.807) is 13.4 Å². The number of ether oxygens (including phenoxy) is 2. The largest absolute Gasteiger partial charge is 0.497 e. The third-order valence-corrected chi connectivity index (χ3v) is 4.21. The van der Waals surface area contributed by atoms with E-state index in [1.807, 2.05) is 72.8 Å². The highest BCUT2D eigenvalue weighted by atomic mass is 16.5. The molecule has 0 unspecified atom stereocenters. The van der Waals surface area contributed by atoms with E-state index in [4.69, 9.17) is 9.47 Å². The lowest BCUT2D eigenvalue weighted by molar-refractivity contribution is 0.306. The fraction of sp³-hybridized carbons (Fsp3) is 0.0909. The van der Waals surface area contributed by atoms with Gasteiger partial charge in [0, 0.05) is 11.1 Å². The Hall–Kier alpha value is -3.60. The molecule has 0 aliphatic rings. The molecule has 0 bridgehead atoms. The lowest BCUT2D eigenvalue weighted by atomic mass is 10.2. The summed E-state index contributed by atoms with van der Waals surface area (Å²) in [6.45, 7) is 0.546. The van der Waals surface area contributed by atoms with Gasteiger partial charge in [0.15, 0.2) is 0 Å². The Morgan fingerprint density at radius 2 is 1.63 bits per heavy atom. The maximum absolute atomic E-state index is 5.83. The summed E-state index contributed by atoms with van der Waals surface area (Å²) in [6.07, 6.45) is 1.55. The van der Waals surface area contributed by atoms with Crippen molar-refractivity contribution in [3.05, 3.63) is 84.7 Å². The average Bonchev–Trinajstić information content (AvgIpc) is 2.74. The van der Waals surface area contributed by atoms with E-state index in [0.29, 0.717) is 6.61 Å². The molecule has 1 aromatic heterocycles. The van der Waals surface area contributed by atoms with Gasteiger partial charge in [-0.3, -0.25) is 0 Å². The van der Waals surface area contributed by atoms with Gasteiger partial charge in [-0.2, -0.15) is 0 Å². The highest BCUT2D eigenvalue weighted by Gasteiger charge is 2.06. The number of anilines is 2. The zero-order valence-corrected chi connectivity index (χ0v) is 14.9. The summed E-state index contributed by atoms with van der Waals surface area (Å²) in [6, 6.07) is 23.6. The molecule has 5 heteroatoms. The first-order chi connectivity index (χ1) is 13.3. The predicted octanol–water partition coefficient (Wildman–Crippen LogP) is 4.96. The summed E-state index contributed by atoms with van der Waals surface area (Å²) in [5.74, 6) is 2.32. The van der Waals surface area contributed by atoms with Crippen molar-refractivity contribution < 1.29 is 9.47 Å². The Morgan fingerprint density at radius 1 is 0.852 bits per heavy atom. The van der Waals surface area contributed by atoms with Crippen LogP contribution in [0.2, 0.25) is 0 Å². The van der Waals surface area contributed by atoms with E-state index in [1.165, 1.54) is 0 Å². The van der Waals surface area contributed by atoms with E-state index in [2.05, 4.69) is 15.3 Å². The molecule has 0 saturated carbocycles. The zero-order valence-electron chi connectivity index (χ0n) is 14.9. The third-order valence-electron chi connectivity index (χ3n) is 4.21. The van der Waals surface area contributed by atoms with Crippen molar-refractivity contribution in [3.8, 4) is 11.5 Å². The highest BCUT2D eigenvalue weighted by molar-refractivity contribution is 5.91. The van der Waals surface area contributed by atoms with E-state index in [-0.39, 0.29) is 0 Å². The van der Waals surface area contributed by atoms with Gasteiger partial charge in [0.2, 0.25) is 0 Å². The molecule has 3 aromatic carbocycles. The number of aromatic nitrogens is 2. The van der Waals surface area contributed by atoms with Crippen LogP contribution in [0.1, 0.15) is 5.56 Å². The summed E-state index contributed by atoms with van der Waals surface area (Å²) in [5, 5.41) is 4.24. The molecule has 0 spiro atoms. The molecule has 0 aliphatic carbocycles. The molecule has 0 saturated heterocycles. The van der Waals surface area contributed by atoms with Crippen molar-refractivity contribution >= 4 is 22.4 Å². The smallest absolute Gasteiger partial charge is 0.141 e. The maximum atomic E-state index is 5.83. The number of fused-ring (bicyclic) bond motifs is 1. The first-order valence-corrected chi connectivity index (χ1v) is 8.64. The van der Waals surface area contributed by atoms with Crippen molar-refractivity contribution in [1.82, 2.24) is 9.97 Å². The third kappa shape index (κ3) is 3.98. The van der Waals surface area contributed by atoms with Gasteiger partial charge in [-0.25, -0.2) is 9.97 Å². The second-order valence-electron chi connectivity index (χ2n) is 6.03. The summed E-state index contributed by atoms with van der Waals surface area (Å²) >= 11 is 0. The molecule has 5 nitrogen and oxygen atoms in total. The quantitative estimate of drug-likeness (QED) is 0.528. The van der Waals surface area contributed by atoms with E-state index < -0.39 is 0 Å². The molecule has 1 N–H and O–H groups in total. The van der Waals surface area contributed by atoms with Crippen LogP contribution in [0.4, 0.5) is 11.5 Å². The molecular formula is C22H19N3O2. The molecule has 4 aromatic rings. The monoisotopic (exact) mass is 357 g/mol. The van der Waals surface area contributed by atoms with Gasteiger partial charge in [0.25, 0.3) is 0 Å². The Bertz CT molecular complexity index is 1030. The van der Waals surface area contributed by atoms with Gasteiger partial charge in [-0.1, -0.05) is 30.3 Å². The van der Waals surface area contributed by atoms with Gasteiger partial charge in [0.1, 0.15) is 30.3 Å². The number of benzene rings is 3. The number of hydrogen-bond acceptors (Lipinski definition) is 5. The number of hydrogen-bond donors (Lipinski definition) is 1. The van der Waals surface area contributed by atoms with Crippen molar-refractivity contribution in [2.45, 2.75) is 6.61 Å². The molecule has 0 fully saturated rings. The standard InChI is InChI=1S/C22H19N3O2/c1-26-19-11-12-21-20(13-19)22(24-15-23-21)25-17-7-9-18(10-8-17)27-14-16-5-3-2-4-6-16/h2-13,15H,14H2,1H3,(H,23,24,25). The van der Waals surface area contributed by atoms with Crippen LogP contribution in [0.15, 0.2) is 79.1 Å². The second kappa shape index (κ2) is 7.74. The first-order valence-electron chi connectivity index (χ1n) is 8.64. The Balaban J connectivity index is 1.49. The minimum absolute atomic E-state index is 0.546. The Kier molecular flexibility index (Phi) is 4.83. The minimum Gasteiger partial charge on any atom is -0.497 e. The Labute approximate surface area is 157 Å². The van der Waals surface area contributed by atoms with Crippen molar-refractivity contribution in [3.63, 3.8) is 0 Å². The van der Waals surface area contributed by atoms with Crippen molar-refractivity contribution in [2.24, 2.45) is 0 Å². The number of rotatable bonds is 6. The second-order valence-corrected chi connectivity index (χ2v) is 6.03. The van der Waals surface area contributed by atoms with Crippen LogP contribution >= 0.6 is 0 Å². The lowest BCUT2D eigenvalue weighted by Gasteiger charge is -2.11. The SMILES string of the molecule is COc1ccc2ncnc(Nc3ccc(OCc4ccccc4)cc3)c2c1. The molecule has 4 rings (SSSR count). The molecular weight excluding hydrogens is 338 g/mol. The summed E-state index contributed by atoms with van der Waals surface area (Å²) in [7, 11) is 1.65. The average molecular weight is 357 g/mol. The topological polar surface area (TPSA) is 56.3 Å². The minimum atomic E-state index is 0.546. The summed E-state index contributed by atoms with van der Waals surface area (Å²) in [5.41, 5.74) is 2.92. The molecule has 27 heavy (non-hydrogen) atoms. The highest BCUT2D eigenvalue weighted by Crippen LogP contribution is 2.27. The van der Waals surface area contributed by atoms with Gasteiger partial charge < -0.3 is 14.8 Å². The predicted molar refractivity (Wildman–Crippen MR) is 107 cm³/mol. The van der Waals surface area contributed by atoms with Crippen molar-refractivity contribution in [1.29, 1.82) is 0 Å². The van der Waals surface area contributed by atoms with Crippen LogP contribution < -0.4 is 14.8 Å². The van der Waals surface area contributed by atoms with Crippen LogP contribution in [0.3, 0.4) is 0 Å². The normalized spacial score (nSPS) is 10.6. The molecule has 0 aliphatic heterocycles. The Morgan fingerprint density at radius 3 is 2.41 bits per heavy atom. The molecule has 0 radical (unpaired) electrons. The lowest BCUT2D eigenvalue weighted by Crippen LogP contribution is -1.97. The zero-order chi connectivity index (χ0) is 18.5. The number of nitrogens with one attached hydrogen (secondary N) is 1. The van der Waals surface area contributed by atoms with Gasteiger partial charge in [-0.15, -0.1) is 0 Å². The van der Waals surface area contributed by atoms with Crippen LogP contribution in [0, 0.1) is 0 Å². The van der Waals surface area contributed by atoms with E-state index in [9.17, 15) is 0 Å². The van der Waals surface area contributed by atoms with E-state index in [0.717, 1.165) is 39.5 Å². The van der Waals surface area contributed by atoms with Crippen LogP contribution in [-0.2, 0) is 6.61 Å². The van der Waals surface area contributed by atoms with Crippen molar-refractivity contribution in [2.75, 3.05) is 12.4 Å². The van der Waals surface area contributed by atoms with Crippen LogP contribution in [0.25, 0.3) is 10.9 Å².